The van der Waals surface area contributed by atoms with Crippen molar-refractivity contribution >= 4 is 23.4 Å². The van der Waals surface area contributed by atoms with Crippen LogP contribution < -0.4 is 4.90 Å². The van der Waals surface area contributed by atoms with Gasteiger partial charge in [-0.1, -0.05) is 6.07 Å². The van der Waals surface area contributed by atoms with Gasteiger partial charge in [-0.25, -0.2) is 4.79 Å². The number of rotatable bonds is 5. The minimum Gasteiger partial charge on any atom is -0.480 e. The molecule has 1 N–H and O–H groups in total. The van der Waals surface area contributed by atoms with Gasteiger partial charge in [-0.15, -0.1) is 11.8 Å². The van der Waals surface area contributed by atoms with Crippen molar-refractivity contribution in [3.8, 4) is 6.07 Å². The van der Waals surface area contributed by atoms with Crippen LogP contribution in [0.4, 0.5) is 5.69 Å². The standard InChI is InChI=1S/C15H18N2O3S/c1-21-14-4-2-3-13(12(14)9-16)17-7-5-11(6-8-17)20-10-15(18)19/h2-4,11H,5-8,10H2,1H3,(H,18,19). The molecule has 0 atom stereocenters. The molecule has 0 bridgehead atoms. The molecule has 1 fully saturated rings. The van der Waals surface area contributed by atoms with Crippen LogP contribution in [0.1, 0.15) is 18.4 Å². The van der Waals surface area contributed by atoms with Crippen molar-refractivity contribution < 1.29 is 14.6 Å². The number of anilines is 1. The number of carbonyl (C=O) groups is 1. The topological polar surface area (TPSA) is 73.6 Å². The molecule has 112 valence electrons. The molecule has 0 unspecified atom stereocenters. The van der Waals surface area contributed by atoms with E-state index in [2.05, 4.69) is 11.0 Å². The Morgan fingerprint density at radius 3 is 2.81 bits per heavy atom. The van der Waals surface area contributed by atoms with Gasteiger partial charge in [0.05, 0.1) is 17.4 Å². The highest BCUT2D eigenvalue weighted by Gasteiger charge is 2.22. The van der Waals surface area contributed by atoms with Gasteiger partial charge in [0.1, 0.15) is 12.7 Å². The van der Waals surface area contributed by atoms with Gasteiger partial charge < -0.3 is 14.7 Å². The number of ether oxygens (including phenoxy) is 1. The van der Waals surface area contributed by atoms with Gasteiger partial charge in [0, 0.05) is 18.0 Å². The van der Waals surface area contributed by atoms with Crippen LogP contribution in [-0.2, 0) is 9.53 Å². The minimum absolute atomic E-state index is 0.00776. The van der Waals surface area contributed by atoms with Crippen molar-refractivity contribution in [1.29, 1.82) is 5.26 Å². The van der Waals surface area contributed by atoms with E-state index in [0.717, 1.165) is 42.1 Å². The van der Waals surface area contributed by atoms with E-state index in [-0.39, 0.29) is 12.7 Å². The second-order valence-electron chi connectivity index (χ2n) is 4.86. The first-order valence-electron chi connectivity index (χ1n) is 6.81. The maximum atomic E-state index is 10.5. The Labute approximate surface area is 128 Å². The normalized spacial score (nSPS) is 15.7. The van der Waals surface area contributed by atoms with Crippen molar-refractivity contribution in [3.05, 3.63) is 23.8 Å². The molecule has 6 heteroatoms. The SMILES string of the molecule is CSc1cccc(N2CCC(OCC(=O)O)CC2)c1C#N. The molecular weight excluding hydrogens is 288 g/mol. The second kappa shape index (κ2) is 7.34. The Balaban J connectivity index is 2.03. The maximum absolute atomic E-state index is 10.5. The van der Waals surface area contributed by atoms with Crippen LogP contribution in [0.2, 0.25) is 0 Å². The van der Waals surface area contributed by atoms with E-state index < -0.39 is 5.97 Å². The quantitative estimate of drug-likeness (QED) is 0.842. The Kier molecular flexibility index (Phi) is 5.48. The van der Waals surface area contributed by atoms with E-state index in [9.17, 15) is 10.1 Å². The monoisotopic (exact) mass is 306 g/mol. The number of hydrogen-bond acceptors (Lipinski definition) is 5. The van der Waals surface area contributed by atoms with Crippen molar-refractivity contribution in [2.24, 2.45) is 0 Å². The van der Waals surface area contributed by atoms with Crippen molar-refractivity contribution in [2.45, 2.75) is 23.8 Å². The summed E-state index contributed by atoms with van der Waals surface area (Å²) < 4.78 is 5.33. The third-order valence-corrected chi connectivity index (χ3v) is 4.34. The minimum atomic E-state index is -0.933. The van der Waals surface area contributed by atoms with E-state index in [1.54, 1.807) is 11.8 Å². The van der Waals surface area contributed by atoms with E-state index in [1.165, 1.54) is 0 Å². The molecule has 1 aromatic rings. The summed E-state index contributed by atoms with van der Waals surface area (Å²) >= 11 is 1.57. The Morgan fingerprint density at radius 2 is 2.24 bits per heavy atom. The van der Waals surface area contributed by atoms with Gasteiger partial charge in [-0.3, -0.25) is 0 Å². The first-order valence-corrected chi connectivity index (χ1v) is 8.03. The number of nitrogens with zero attached hydrogens (tertiary/aromatic N) is 2. The summed E-state index contributed by atoms with van der Waals surface area (Å²) in [4.78, 5) is 13.7. The van der Waals surface area contributed by atoms with E-state index in [4.69, 9.17) is 9.84 Å². The highest BCUT2D eigenvalue weighted by molar-refractivity contribution is 7.98. The lowest BCUT2D eigenvalue weighted by molar-refractivity contribution is -0.144. The van der Waals surface area contributed by atoms with Crippen LogP contribution in [0.3, 0.4) is 0 Å². The van der Waals surface area contributed by atoms with E-state index in [0.29, 0.717) is 0 Å². The number of carboxylic acids is 1. The molecule has 2 rings (SSSR count). The van der Waals surface area contributed by atoms with Gasteiger partial charge in [0.25, 0.3) is 0 Å². The van der Waals surface area contributed by atoms with Gasteiger partial charge in [0.15, 0.2) is 0 Å². The predicted molar refractivity (Wildman–Crippen MR) is 81.8 cm³/mol. The fourth-order valence-electron chi connectivity index (χ4n) is 2.52. The van der Waals surface area contributed by atoms with Gasteiger partial charge >= 0.3 is 5.97 Å². The number of nitriles is 1. The average Bonchev–Trinajstić information content (AvgIpc) is 2.52. The third-order valence-electron chi connectivity index (χ3n) is 3.56. The highest BCUT2D eigenvalue weighted by Crippen LogP contribution is 2.31. The lowest BCUT2D eigenvalue weighted by Gasteiger charge is -2.34. The summed E-state index contributed by atoms with van der Waals surface area (Å²) in [6.45, 7) is 1.31. The lowest BCUT2D eigenvalue weighted by Crippen LogP contribution is -2.38. The fraction of sp³-hybridized carbons (Fsp3) is 0.467. The number of benzene rings is 1. The van der Waals surface area contributed by atoms with Crippen molar-refractivity contribution in [2.75, 3.05) is 30.9 Å². The number of aliphatic carboxylic acids is 1. The summed E-state index contributed by atoms with van der Waals surface area (Å²) in [5.41, 5.74) is 1.68. The number of thioether (sulfide) groups is 1. The Morgan fingerprint density at radius 1 is 1.52 bits per heavy atom. The molecule has 0 radical (unpaired) electrons. The van der Waals surface area contributed by atoms with Crippen molar-refractivity contribution in [3.63, 3.8) is 0 Å². The molecule has 1 aliphatic heterocycles. The Hall–Kier alpha value is -1.71. The largest absolute Gasteiger partial charge is 0.480 e. The van der Waals surface area contributed by atoms with Crippen LogP contribution in [0.25, 0.3) is 0 Å². The molecule has 0 aliphatic carbocycles. The van der Waals surface area contributed by atoms with Crippen LogP contribution in [0, 0.1) is 11.3 Å². The molecule has 0 spiro atoms. The highest BCUT2D eigenvalue weighted by atomic mass is 32.2. The van der Waals surface area contributed by atoms with Gasteiger partial charge in [0.2, 0.25) is 0 Å². The molecule has 0 aromatic heterocycles. The zero-order valence-electron chi connectivity index (χ0n) is 11.9. The van der Waals surface area contributed by atoms with Gasteiger partial charge in [-0.05, 0) is 31.2 Å². The number of hydrogen-bond donors (Lipinski definition) is 1. The molecule has 21 heavy (non-hydrogen) atoms. The molecule has 0 saturated carbocycles. The Bertz CT molecular complexity index is 548. The van der Waals surface area contributed by atoms with E-state index in [1.807, 2.05) is 24.5 Å². The van der Waals surface area contributed by atoms with Crippen molar-refractivity contribution in [1.82, 2.24) is 0 Å². The maximum Gasteiger partial charge on any atom is 0.329 e. The third kappa shape index (κ3) is 3.90. The lowest BCUT2D eigenvalue weighted by atomic mass is 10.1. The fourth-order valence-corrected chi connectivity index (χ4v) is 3.09. The zero-order chi connectivity index (χ0) is 15.2. The number of piperidine rings is 1. The summed E-state index contributed by atoms with van der Waals surface area (Å²) in [6.07, 6.45) is 3.52. The number of carboxylic acid groups (broad SMARTS) is 1. The molecule has 1 saturated heterocycles. The average molecular weight is 306 g/mol. The predicted octanol–water partition coefficient (Wildman–Crippen LogP) is 2.35. The first-order chi connectivity index (χ1) is 10.2. The summed E-state index contributed by atoms with van der Waals surface area (Å²) in [7, 11) is 0. The smallest absolute Gasteiger partial charge is 0.329 e. The molecule has 1 heterocycles. The van der Waals surface area contributed by atoms with E-state index >= 15 is 0 Å². The summed E-state index contributed by atoms with van der Waals surface area (Å²) in [6, 6.07) is 8.18. The van der Waals surface area contributed by atoms with Crippen LogP contribution >= 0.6 is 11.8 Å². The molecule has 1 aliphatic rings. The van der Waals surface area contributed by atoms with Crippen LogP contribution in [0.5, 0.6) is 0 Å². The van der Waals surface area contributed by atoms with Crippen LogP contribution in [0.15, 0.2) is 23.1 Å². The van der Waals surface area contributed by atoms with Crippen LogP contribution in [-0.4, -0.2) is 43.1 Å². The molecule has 1 aromatic carbocycles. The molecule has 0 amide bonds. The second-order valence-corrected chi connectivity index (χ2v) is 5.71. The first kappa shape index (κ1) is 15.7. The summed E-state index contributed by atoms with van der Waals surface area (Å²) in [5, 5.41) is 18.0. The zero-order valence-corrected chi connectivity index (χ0v) is 12.7. The molecular formula is C15H18N2O3S. The summed E-state index contributed by atoms with van der Waals surface area (Å²) in [5.74, 6) is -0.933. The molecule has 5 nitrogen and oxygen atoms in total. The van der Waals surface area contributed by atoms with Gasteiger partial charge in [-0.2, -0.15) is 5.26 Å².